The molecule has 0 spiro atoms. The van der Waals surface area contributed by atoms with Crippen molar-refractivity contribution >= 4 is 28.8 Å². The number of amides is 2. The first-order valence-electron chi connectivity index (χ1n) is 9.67. The standard InChI is InChI=1S/C23H27N3O4/c1-14(24-16-8-6-15(7-9-16)11-22(27)26(2)3)10-18-17-12-20(29-4)21(30-5)13-19(17)25-23(18)28/h6-10,12-14,24H,11H2,1-5H3,(H,25,28). The van der Waals surface area contributed by atoms with Crippen molar-refractivity contribution < 1.29 is 19.1 Å². The van der Waals surface area contributed by atoms with Gasteiger partial charge < -0.3 is 25.0 Å². The molecule has 0 saturated heterocycles. The van der Waals surface area contributed by atoms with Gasteiger partial charge in [-0.1, -0.05) is 12.1 Å². The van der Waals surface area contributed by atoms with E-state index in [1.54, 1.807) is 45.3 Å². The molecule has 0 aliphatic carbocycles. The first-order valence-corrected chi connectivity index (χ1v) is 9.67. The summed E-state index contributed by atoms with van der Waals surface area (Å²) in [6.45, 7) is 1.97. The number of hydrogen-bond donors (Lipinski definition) is 2. The molecule has 1 atom stereocenters. The molecular weight excluding hydrogens is 382 g/mol. The fourth-order valence-corrected chi connectivity index (χ4v) is 3.29. The van der Waals surface area contributed by atoms with Crippen LogP contribution in [0.25, 0.3) is 5.57 Å². The van der Waals surface area contributed by atoms with E-state index in [1.807, 2.05) is 37.3 Å². The van der Waals surface area contributed by atoms with E-state index in [9.17, 15) is 9.59 Å². The van der Waals surface area contributed by atoms with Gasteiger partial charge in [-0.25, -0.2) is 0 Å². The van der Waals surface area contributed by atoms with Gasteiger partial charge in [-0.15, -0.1) is 0 Å². The highest BCUT2D eigenvalue weighted by Gasteiger charge is 2.27. The number of ether oxygens (including phenoxy) is 2. The lowest BCUT2D eigenvalue weighted by molar-refractivity contribution is -0.128. The normalized spacial score (nSPS) is 14.7. The van der Waals surface area contributed by atoms with Crippen LogP contribution in [0.2, 0.25) is 0 Å². The van der Waals surface area contributed by atoms with E-state index < -0.39 is 0 Å². The molecule has 3 rings (SSSR count). The Bertz CT molecular complexity index is 981. The number of nitrogens with zero attached hydrogens (tertiary/aromatic N) is 1. The van der Waals surface area contributed by atoms with Crippen LogP contribution in [-0.2, 0) is 16.0 Å². The minimum atomic E-state index is -0.161. The Morgan fingerprint density at radius 3 is 2.37 bits per heavy atom. The molecule has 30 heavy (non-hydrogen) atoms. The maximum atomic E-state index is 12.5. The molecule has 2 amide bonds. The van der Waals surface area contributed by atoms with E-state index in [1.165, 1.54) is 0 Å². The van der Waals surface area contributed by atoms with Gasteiger partial charge in [0.05, 0.1) is 26.3 Å². The number of benzene rings is 2. The molecule has 0 bridgehead atoms. The number of fused-ring (bicyclic) bond motifs is 1. The summed E-state index contributed by atoms with van der Waals surface area (Å²) in [7, 11) is 6.62. The average molecular weight is 409 g/mol. The van der Waals surface area contributed by atoms with Crippen molar-refractivity contribution in [2.75, 3.05) is 38.9 Å². The van der Waals surface area contributed by atoms with Crippen molar-refractivity contribution in [3.8, 4) is 11.5 Å². The fraction of sp³-hybridized carbons (Fsp3) is 0.304. The summed E-state index contributed by atoms with van der Waals surface area (Å²) in [6, 6.07) is 11.2. The van der Waals surface area contributed by atoms with Gasteiger partial charge in [-0.05, 0) is 36.8 Å². The number of rotatable bonds is 7. The molecule has 2 N–H and O–H groups in total. The van der Waals surface area contributed by atoms with Crippen LogP contribution in [0.4, 0.5) is 11.4 Å². The van der Waals surface area contributed by atoms with Crippen molar-refractivity contribution in [2.24, 2.45) is 0 Å². The van der Waals surface area contributed by atoms with Gasteiger partial charge in [0.25, 0.3) is 5.91 Å². The summed E-state index contributed by atoms with van der Waals surface area (Å²) in [5, 5.41) is 6.24. The Labute approximate surface area is 176 Å². The predicted octanol–water partition coefficient (Wildman–Crippen LogP) is 3.17. The second-order valence-corrected chi connectivity index (χ2v) is 7.38. The lowest BCUT2D eigenvalue weighted by atomic mass is 10.0. The fourth-order valence-electron chi connectivity index (χ4n) is 3.29. The van der Waals surface area contributed by atoms with Gasteiger partial charge in [0, 0.05) is 43.0 Å². The van der Waals surface area contributed by atoms with E-state index in [2.05, 4.69) is 10.6 Å². The Morgan fingerprint density at radius 1 is 1.13 bits per heavy atom. The minimum Gasteiger partial charge on any atom is -0.493 e. The second kappa shape index (κ2) is 8.90. The SMILES string of the molecule is COc1cc2c(cc1OC)C(=CC(C)Nc1ccc(CC(=O)N(C)C)cc1)C(=O)N2. The summed E-state index contributed by atoms with van der Waals surface area (Å²) in [6.07, 6.45) is 2.26. The maximum absolute atomic E-state index is 12.5. The largest absolute Gasteiger partial charge is 0.493 e. The molecule has 2 aromatic rings. The highest BCUT2D eigenvalue weighted by Crippen LogP contribution is 2.40. The summed E-state index contributed by atoms with van der Waals surface area (Å²) >= 11 is 0. The molecule has 0 aromatic heterocycles. The summed E-state index contributed by atoms with van der Waals surface area (Å²) in [5.74, 6) is 1.04. The molecule has 1 unspecified atom stereocenters. The van der Waals surface area contributed by atoms with Crippen molar-refractivity contribution in [3.63, 3.8) is 0 Å². The first kappa shape index (κ1) is 21.2. The van der Waals surface area contributed by atoms with E-state index in [4.69, 9.17) is 9.47 Å². The lowest BCUT2D eigenvalue weighted by Crippen LogP contribution is -2.23. The van der Waals surface area contributed by atoms with Crippen LogP contribution in [0.5, 0.6) is 11.5 Å². The molecule has 1 heterocycles. The zero-order valence-corrected chi connectivity index (χ0v) is 17.9. The van der Waals surface area contributed by atoms with Crippen LogP contribution in [0.1, 0.15) is 18.1 Å². The van der Waals surface area contributed by atoms with Crippen LogP contribution in [0.15, 0.2) is 42.5 Å². The summed E-state index contributed by atoms with van der Waals surface area (Å²) < 4.78 is 10.7. The molecule has 158 valence electrons. The third kappa shape index (κ3) is 4.56. The third-order valence-corrected chi connectivity index (χ3v) is 4.93. The van der Waals surface area contributed by atoms with Crippen LogP contribution in [-0.4, -0.2) is 51.1 Å². The Morgan fingerprint density at radius 2 is 1.77 bits per heavy atom. The van der Waals surface area contributed by atoms with Gasteiger partial charge >= 0.3 is 0 Å². The molecule has 2 aromatic carbocycles. The number of nitrogens with one attached hydrogen (secondary N) is 2. The van der Waals surface area contributed by atoms with Gasteiger partial charge in [0.15, 0.2) is 11.5 Å². The molecule has 1 aliphatic rings. The average Bonchev–Trinajstić information content (AvgIpc) is 3.02. The van der Waals surface area contributed by atoms with E-state index >= 15 is 0 Å². The molecule has 7 heteroatoms. The van der Waals surface area contributed by atoms with E-state index in [0.717, 1.165) is 16.8 Å². The minimum absolute atomic E-state index is 0.0618. The predicted molar refractivity (Wildman–Crippen MR) is 118 cm³/mol. The zero-order valence-electron chi connectivity index (χ0n) is 17.9. The lowest BCUT2D eigenvalue weighted by Gasteiger charge is -2.14. The topological polar surface area (TPSA) is 79.9 Å². The Kier molecular flexibility index (Phi) is 6.30. The molecule has 1 aliphatic heterocycles. The molecule has 0 fully saturated rings. The highest BCUT2D eigenvalue weighted by molar-refractivity contribution is 6.31. The second-order valence-electron chi connectivity index (χ2n) is 7.38. The number of methoxy groups -OCH3 is 2. The molecule has 0 radical (unpaired) electrons. The Hall–Kier alpha value is -3.48. The van der Waals surface area contributed by atoms with Gasteiger partial charge in [0.2, 0.25) is 5.91 Å². The maximum Gasteiger partial charge on any atom is 0.256 e. The number of anilines is 2. The molecular formula is C23H27N3O4. The molecule has 7 nitrogen and oxygen atoms in total. The highest BCUT2D eigenvalue weighted by atomic mass is 16.5. The number of carbonyl (C=O) groups excluding carboxylic acids is 2. The monoisotopic (exact) mass is 409 g/mol. The van der Waals surface area contributed by atoms with Crippen molar-refractivity contribution in [1.82, 2.24) is 4.90 Å². The van der Waals surface area contributed by atoms with E-state index in [-0.39, 0.29) is 17.9 Å². The van der Waals surface area contributed by atoms with Crippen LogP contribution >= 0.6 is 0 Å². The number of carbonyl (C=O) groups is 2. The third-order valence-electron chi connectivity index (χ3n) is 4.93. The van der Waals surface area contributed by atoms with E-state index in [0.29, 0.717) is 29.2 Å². The van der Waals surface area contributed by atoms with Gasteiger partial charge in [-0.3, -0.25) is 9.59 Å². The van der Waals surface area contributed by atoms with Crippen molar-refractivity contribution in [3.05, 3.63) is 53.6 Å². The Balaban J connectivity index is 1.75. The summed E-state index contributed by atoms with van der Waals surface area (Å²) in [4.78, 5) is 25.9. The smallest absolute Gasteiger partial charge is 0.256 e. The van der Waals surface area contributed by atoms with Crippen molar-refractivity contribution in [2.45, 2.75) is 19.4 Å². The zero-order chi connectivity index (χ0) is 21.8. The quantitative estimate of drug-likeness (QED) is 0.687. The first-order chi connectivity index (χ1) is 14.3. The van der Waals surface area contributed by atoms with Crippen LogP contribution < -0.4 is 20.1 Å². The van der Waals surface area contributed by atoms with Crippen LogP contribution in [0.3, 0.4) is 0 Å². The molecule has 0 saturated carbocycles. The van der Waals surface area contributed by atoms with Gasteiger partial charge in [0.1, 0.15) is 0 Å². The number of likely N-dealkylation sites (N-methyl/N-ethyl adjacent to an activating group) is 1. The van der Waals surface area contributed by atoms with Crippen molar-refractivity contribution in [1.29, 1.82) is 0 Å². The number of hydrogen-bond acceptors (Lipinski definition) is 5. The summed E-state index contributed by atoms with van der Waals surface area (Å²) in [5.41, 5.74) is 3.93. The van der Waals surface area contributed by atoms with Crippen LogP contribution in [0, 0.1) is 0 Å². The van der Waals surface area contributed by atoms with Gasteiger partial charge in [-0.2, -0.15) is 0 Å².